The van der Waals surface area contributed by atoms with Crippen molar-refractivity contribution in [1.29, 1.82) is 0 Å². The Morgan fingerprint density at radius 3 is 2.39 bits per heavy atom. The molecule has 1 aliphatic rings. The van der Waals surface area contributed by atoms with E-state index in [9.17, 15) is 9.59 Å². The molecule has 2 rings (SSSR count). The highest BCUT2D eigenvalue weighted by Gasteiger charge is 2.22. The summed E-state index contributed by atoms with van der Waals surface area (Å²) in [6.45, 7) is 2.94. The Bertz CT molecular complexity index is 539. The van der Waals surface area contributed by atoms with E-state index in [1.165, 1.54) is 0 Å². The number of carbonyl (C=O) groups is 2. The summed E-state index contributed by atoms with van der Waals surface area (Å²) in [7, 11) is 1.66. The van der Waals surface area contributed by atoms with Crippen LogP contribution in [0.25, 0.3) is 0 Å². The van der Waals surface area contributed by atoms with Gasteiger partial charge in [-0.3, -0.25) is 9.59 Å². The number of amides is 1. The maximum absolute atomic E-state index is 12.1. The van der Waals surface area contributed by atoms with Gasteiger partial charge in [0.25, 0.3) is 0 Å². The summed E-state index contributed by atoms with van der Waals surface area (Å²) >= 11 is 0. The first-order chi connectivity index (χ1) is 11.1. The number of unbranched alkanes of at least 4 members (excludes halogenated alkanes) is 1. The highest BCUT2D eigenvalue weighted by molar-refractivity contribution is 5.76. The van der Waals surface area contributed by atoms with Gasteiger partial charge in [-0.25, -0.2) is 0 Å². The smallest absolute Gasteiger partial charge is 0.303 e. The van der Waals surface area contributed by atoms with E-state index < -0.39 is 5.97 Å². The van der Waals surface area contributed by atoms with Crippen LogP contribution in [0.2, 0.25) is 0 Å². The molecule has 0 saturated carbocycles. The summed E-state index contributed by atoms with van der Waals surface area (Å²) in [5.41, 5.74) is 1.06. The van der Waals surface area contributed by atoms with Gasteiger partial charge < -0.3 is 19.6 Å². The van der Waals surface area contributed by atoms with Gasteiger partial charge in [0.2, 0.25) is 5.91 Å². The van der Waals surface area contributed by atoms with Gasteiger partial charge in [0.1, 0.15) is 5.75 Å². The van der Waals surface area contributed by atoms with Crippen molar-refractivity contribution in [2.24, 2.45) is 0 Å². The number of rotatable bonds is 7. The van der Waals surface area contributed by atoms with Gasteiger partial charge in [0.15, 0.2) is 0 Å². The van der Waals surface area contributed by atoms with E-state index in [0.29, 0.717) is 32.4 Å². The Hall–Kier alpha value is -2.24. The van der Waals surface area contributed by atoms with Crippen molar-refractivity contribution >= 4 is 17.6 Å². The van der Waals surface area contributed by atoms with Crippen LogP contribution in [0.15, 0.2) is 24.3 Å². The summed E-state index contributed by atoms with van der Waals surface area (Å²) < 4.78 is 5.39. The Morgan fingerprint density at radius 2 is 1.74 bits per heavy atom. The number of piperazine rings is 1. The second-order valence-corrected chi connectivity index (χ2v) is 5.64. The number of methoxy groups -OCH3 is 1. The zero-order valence-electron chi connectivity index (χ0n) is 13.5. The predicted molar refractivity (Wildman–Crippen MR) is 87.9 cm³/mol. The van der Waals surface area contributed by atoms with Crippen LogP contribution in [-0.2, 0) is 9.59 Å². The van der Waals surface area contributed by atoms with Crippen molar-refractivity contribution in [1.82, 2.24) is 4.90 Å². The van der Waals surface area contributed by atoms with Crippen LogP contribution < -0.4 is 9.64 Å². The molecule has 0 atom stereocenters. The predicted octanol–water partition coefficient (Wildman–Crippen LogP) is 1.99. The molecule has 6 heteroatoms. The van der Waals surface area contributed by atoms with Gasteiger partial charge >= 0.3 is 5.97 Å². The zero-order valence-corrected chi connectivity index (χ0v) is 13.5. The van der Waals surface area contributed by atoms with E-state index in [1.54, 1.807) is 7.11 Å². The number of carboxylic acids is 1. The van der Waals surface area contributed by atoms with Gasteiger partial charge in [-0.2, -0.15) is 0 Å². The van der Waals surface area contributed by atoms with Crippen molar-refractivity contribution in [3.63, 3.8) is 0 Å². The van der Waals surface area contributed by atoms with E-state index in [1.807, 2.05) is 29.2 Å². The van der Waals surface area contributed by atoms with Gasteiger partial charge in [0.05, 0.1) is 12.8 Å². The quantitative estimate of drug-likeness (QED) is 0.778. The maximum Gasteiger partial charge on any atom is 0.303 e. The minimum Gasteiger partial charge on any atom is -0.495 e. The standard InChI is InChI=1S/C17H24N2O4/c1-23-15-7-3-2-6-14(15)18-10-12-19(13-11-18)16(20)8-4-5-9-17(21)22/h2-3,6-7H,4-5,8-13H2,1H3,(H,21,22). The van der Waals surface area contributed by atoms with Crippen molar-refractivity contribution in [3.05, 3.63) is 24.3 Å². The molecule has 1 N–H and O–H groups in total. The molecule has 0 bridgehead atoms. The Kier molecular flexibility index (Phi) is 6.26. The first-order valence-corrected chi connectivity index (χ1v) is 7.99. The largest absolute Gasteiger partial charge is 0.495 e. The lowest BCUT2D eigenvalue weighted by molar-refractivity contribution is -0.137. The molecule has 1 aliphatic heterocycles. The van der Waals surface area contributed by atoms with E-state index in [0.717, 1.165) is 24.5 Å². The molecular formula is C17H24N2O4. The molecule has 1 amide bonds. The summed E-state index contributed by atoms with van der Waals surface area (Å²) in [4.78, 5) is 26.7. The monoisotopic (exact) mass is 320 g/mol. The molecule has 23 heavy (non-hydrogen) atoms. The number of carbonyl (C=O) groups excluding carboxylic acids is 1. The molecule has 1 fully saturated rings. The third kappa shape index (κ3) is 4.87. The lowest BCUT2D eigenvalue weighted by Gasteiger charge is -2.36. The van der Waals surface area contributed by atoms with Crippen LogP contribution in [0.5, 0.6) is 5.75 Å². The van der Waals surface area contributed by atoms with Crippen LogP contribution in [0.3, 0.4) is 0 Å². The normalized spacial score (nSPS) is 14.7. The second-order valence-electron chi connectivity index (χ2n) is 5.64. The fourth-order valence-electron chi connectivity index (χ4n) is 2.80. The van der Waals surface area contributed by atoms with Crippen molar-refractivity contribution < 1.29 is 19.4 Å². The molecule has 0 aromatic heterocycles. The van der Waals surface area contributed by atoms with Crippen molar-refractivity contribution in [2.45, 2.75) is 25.7 Å². The van der Waals surface area contributed by atoms with E-state index in [2.05, 4.69) is 4.90 Å². The minimum absolute atomic E-state index is 0.120. The van der Waals surface area contributed by atoms with Crippen LogP contribution >= 0.6 is 0 Å². The van der Waals surface area contributed by atoms with Gasteiger partial charge in [0, 0.05) is 39.0 Å². The maximum atomic E-state index is 12.1. The molecule has 1 aromatic carbocycles. The number of nitrogens with zero attached hydrogens (tertiary/aromatic N) is 2. The Morgan fingerprint density at radius 1 is 1.09 bits per heavy atom. The molecule has 1 heterocycles. The van der Waals surface area contributed by atoms with Crippen LogP contribution in [0, 0.1) is 0 Å². The van der Waals surface area contributed by atoms with Crippen LogP contribution in [0.1, 0.15) is 25.7 Å². The third-order valence-corrected chi connectivity index (χ3v) is 4.09. The summed E-state index contributed by atoms with van der Waals surface area (Å²) in [6.07, 6.45) is 1.76. The average molecular weight is 320 g/mol. The number of aliphatic carboxylic acids is 1. The van der Waals surface area contributed by atoms with E-state index in [-0.39, 0.29) is 12.3 Å². The number of hydrogen-bond acceptors (Lipinski definition) is 4. The number of benzene rings is 1. The summed E-state index contributed by atoms with van der Waals surface area (Å²) in [5, 5.41) is 8.60. The average Bonchev–Trinajstić information content (AvgIpc) is 2.58. The third-order valence-electron chi connectivity index (χ3n) is 4.09. The zero-order chi connectivity index (χ0) is 16.7. The Balaban J connectivity index is 1.79. The number of anilines is 1. The topological polar surface area (TPSA) is 70.1 Å². The van der Waals surface area contributed by atoms with Gasteiger partial charge in [-0.1, -0.05) is 12.1 Å². The molecule has 0 aliphatic carbocycles. The molecule has 0 spiro atoms. The highest BCUT2D eigenvalue weighted by atomic mass is 16.5. The second kappa shape index (κ2) is 8.41. The summed E-state index contributed by atoms with van der Waals surface area (Å²) in [5.74, 6) is 0.166. The summed E-state index contributed by atoms with van der Waals surface area (Å²) in [6, 6.07) is 7.90. The minimum atomic E-state index is -0.803. The van der Waals surface area contributed by atoms with Crippen LogP contribution in [0.4, 0.5) is 5.69 Å². The van der Waals surface area contributed by atoms with Crippen molar-refractivity contribution in [3.8, 4) is 5.75 Å². The molecule has 6 nitrogen and oxygen atoms in total. The van der Waals surface area contributed by atoms with E-state index in [4.69, 9.17) is 9.84 Å². The number of para-hydroxylation sites is 2. The fourth-order valence-corrected chi connectivity index (χ4v) is 2.80. The number of ether oxygens (including phenoxy) is 1. The Labute approximate surface area is 136 Å². The molecule has 0 unspecified atom stereocenters. The highest BCUT2D eigenvalue weighted by Crippen LogP contribution is 2.28. The number of carboxylic acid groups (broad SMARTS) is 1. The molecule has 126 valence electrons. The molecular weight excluding hydrogens is 296 g/mol. The first kappa shape index (κ1) is 17.1. The molecule has 1 aromatic rings. The lowest BCUT2D eigenvalue weighted by atomic mass is 10.1. The van der Waals surface area contributed by atoms with Gasteiger partial charge in [-0.05, 0) is 25.0 Å². The SMILES string of the molecule is COc1ccccc1N1CCN(C(=O)CCCCC(=O)O)CC1. The number of hydrogen-bond donors (Lipinski definition) is 1. The van der Waals surface area contributed by atoms with Crippen molar-refractivity contribution in [2.75, 3.05) is 38.2 Å². The first-order valence-electron chi connectivity index (χ1n) is 7.99. The molecule has 0 radical (unpaired) electrons. The fraction of sp³-hybridized carbons (Fsp3) is 0.529. The van der Waals surface area contributed by atoms with Crippen LogP contribution in [-0.4, -0.2) is 55.2 Å². The lowest BCUT2D eigenvalue weighted by Crippen LogP contribution is -2.48. The van der Waals surface area contributed by atoms with E-state index >= 15 is 0 Å². The van der Waals surface area contributed by atoms with Gasteiger partial charge in [-0.15, -0.1) is 0 Å². The molecule has 1 saturated heterocycles.